The van der Waals surface area contributed by atoms with Crippen LogP contribution in [0.15, 0.2) is 24.3 Å². The van der Waals surface area contributed by atoms with Crippen molar-refractivity contribution < 1.29 is 13.2 Å². The second-order valence-electron chi connectivity index (χ2n) is 4.42. The van der Waals surface area contributed by atoms with Gasteiger partial charge in [-0.1, -0.05) is 13.0 Å². The van der Waals surface area contributed by atoms with Crippen molar-refractivity contribution in [3.63, 3.8) is 0 Å². The summed E-state index contributed by atoms with van der Waals surface area (Å²) in [7, 11) is -3.31. The fourth-order valence-corrected chi connectivity index (χ4v) is 3.63. The van der Waals surface area contributed by atoms with Gasteiger partial charge in [0.15, 0.2) is 0 Å². The van der Waals surface area contributed by atoms with E-state index >= 15 is 0 Å². The summed E-state index contributed by atoms with van der Waals surface area (Å²) < 4.78 is 31.9. The van der Waals surface area contributed by atoms with Crippen molar-refractivity contribution in [1.82, 2.24) is 4.72 Å². The highest BCUT2D eigenvalue weighted by molar-refractivity contribution is 7.98. The van der Waals surface area contributed by atoms with Gasteiger partial charge in [-0.15, -0.1) is 0 Å². The number of nitrogens with two attached hydrogens (primary N) is 1. The predicted molar refractivity (Wildman–Crippen MR) is 85.7 cm³/mol. The van der Waals surface area contributed by atoms with Gasteiger partial charge >= 0.3 is 0 Å². The Hall–Kier alpha value is -0.920. The molecule has 0 heterocycles. The van der Waals surface area contributed by atoms with Gasteiger partial charge in [-0.3, -0.25) is 0 Å². The van der Waals surface area contributed by atoms with Gasteiger partial charge in [0, 0.05) is 23.5 Å². The lowest BCUT2D eigenvalue weighted by atomic mass is 10.3. The van der Waals surface area contributed by atoms with Crippen LogP contribution in [0, 0.1) is 0 Å². The van der Waals surface area contributed by atoms with E-state index in [1.54, 1.807) is 36.0 Å². The minimum absolute atomic E-state index is 0.0256. The van der Waals surface area contributed by atoms with Crippen LogP contribution in [0.25, 0.3) is 0 Å². The maximum Gasteiger partial charge on any atom is 0.215 e. The number of nitrogens with one attached hydrogen (secondary N) is 1. The van der Waals surface area contributed by atoms with E-state index in [0.717, 1.165) is 12.2 Å². The van der Waals surface area contributed by atoms with E-state index in [-0.39, 0.29) is 18.4 Å². The lowest BCUT2D eigenvalue weighted by molar-refractivity contribution is 0.340. The smallest absolute Gasteiger partial charge is 0.215 e. The van der Waals surface area contributed by atoms with Crippen molar-refractivity contribution in [3.8, 4) is 5.75 Å². The van der Waals surface area contributed by atoms with Gasteiger partial charge in [0.05, 0.1) is 5.75 Å². The molecule has 114 valence electrons. The average Bonchev–Trinajstić information content (AvgIpc) is 2.38. The van der Waals surface area contributed by atoms with Gasteiger partial charge in [0.1, 0.15) is 12.4 Å². The van der Waals surface area contributed by atoms with E-state index in [1.165, 1.54) is 0 Å². The molecule has 0 saturated carbocycles. The Balaban J connectivity index is 2.43. The van der Waals surface area contributed by atoms with Crippen molar-refractivity contribution in [1.29, 1.82) is 0 Å². The summed E-state index contributed by atoms with van der Waals surface area (Å²) in [5.74, 6) is 1.29. The highest BCUT2D eigenvalue weighted by Gasteiger charge is 2.16. The number of sulfonamides is 1. The standard InChI is InChI=1S/C13H22N2O3S2/c1-3-12(10-19-2)15-20(16,17)8-7-18-13-6-4-5-11(14)9-13/h4-6,9,12,15H,3,7-8,10,14H2,1-2H3. The van der Waals surface area contributed by atoms with Crippen LogP contribution in [0.1, 0.15) is 13.3 Å². The molecule has 1 aromatic rings. The van der Waals surface area contributed by atoms with Gasteiger partial charge < -0.3 is 10.5 Å². The van der Waals surface area contributed by atoms with Crippen LogP contribution in [-0.4, -0.2) is 38.8 Å². The molecule has 1 aromatic carbocycles. The van der Waals surface area contributed by atoms with Crippen LogP contribution >= 0.6 is 11.8 Å². The number of ether oxygens (including phenoxy) is 1. The second-order valence-corrected chi connectivity index (χ2v) is 7.20. The lowest BCUT2D eigenvalue weighted by Gasteiger charge is -2.16. The third kappa shape index (κ3) is 6.49. The molecule has 0 aromatic heterocycles. The normalized spacial score (nSPS) is 13.1. The van der Waals surface area contributed by atoms with E-state index < -0.39 is 10.0 Å². The Labute approximate surface area is 125 Å². The molecule has 0 aliphatic carbocycles. The zero-order chi connectivity index (χ0) is 15.0. The van der Waals surface area contributed by atoms with E-state index in [9.17, 15) is 8.42 Å². The quantitative estimate of drug-likeness (QED) is 0.677. The van der Waals surface area contributed by atoms with Crippen molar-refractivity contribution in [3.05, 3.63) is 24.3 Å². The number of thioether (sulfide) groups is 1. The molecular formula is C13H22N2O3S2. The topological polar surface area (TPSA) is 81.4 Å². The lowest BCUT2D eigenvalue weighted by Crippen LogP contribution is -2.38. The highest BCUT2D eigenvalue weighted by atomic mass is 32.2. The molecule has 0 aliphatic rings. The number of hydrogen-bond acceptors (Lipinski definition) is 5. The molecule has 0 spiro atoms. The Morgan fingerprint density at radius 2 is 2.20 bits per heavy atom. The van der Waals surface area contributed by atoms with E-state index in [0.29, 0.717) is 11.4 Å². The summed E-state index contributed by atoms with van der Waals surface area (Å²) in [5.41, 5.74) is 6.21. The van der Waals surface area contributed by atoms with Crippen molar-refractivity contribution in [2.24, 2.45) is 0 Å². The van der Waals surface area contributed by atoms with Crippen LogP contribution in [0.5, 0.6) is 5.75 Å². The van der Waals surface area contributed by atoms with E-state index in [2.05, 4.69) is 4.72 Å². The maximum atomic E-state index is 11.9. The average molecular weight is 318 g/mol. The van der Waals surface area contributed by atoms with Crippen molar-refractivity contribution in [2.45, 2.75) is 19.4 Å². The van der Waals surface area contributed by atoms with Gasteiger partial charge in [-0.2, -0.15) is 11.8 Å². The first-order valence-corrected chi connectivity index (χ1v) is 9.48. The third-order valence-electron chi connectivity index (χ3n) is 2.69. The van der Waals surface area contributed by atoms with Gasteiger partial charge in [-0.05, 0) is 24.8 Å². The first kappa shape index (κ1) is 17.1. The molecule has 0 saturated heterocycles. The molecule has 0 bridgehead atoms. The highest BCUT2D eigenvalue weighted by Crippen LogP contribution is 2.14. The summed E-state index contributed by atoms with van der Waals surface area (Å²) in [6.07, 6.45) is 2.73. The van der Waals surface area contributed by atoms with Gasteiger partial charge in [-0.25, -0.2) is 13.1 Å². The predicted octanol–water partition coefficient (Wildman–Crippen LogP) is 1.71. The molecule has 0 radical (unpaired) electrons. The first-order chi connectivity index (χ1) is 9.46. The van der Waals surface area contributed by atoms with Gasteiger partial charge in [0.2, 0.25) is 10.0 Å². The summed E-state index contributed by atoms with van der Waals surface area (Å²) in [6.45, 7) is 2.07. The number of rotatable bonds is 9. The molecule has 0 aliphatic heterocycles. The van der Waals surface area contributed by atoms with Crippen LogP contribution in [0.3, 0.4) is 0 Å². The number of benzene rings is 1. The monoisotopic (exact) mass is 318 g/mol. The zero-order valence-corrected chi connectivity index (χ0v) is 13.5. The third-order valence-corrected chi connectivity index (χ3v) is 4.82. The molecule has 20 heavy (non-hydrogen) atoms. The molecule has 0 fully saturated rings. The molecule has 3 N–H and O–H groups in total. The fourth-order valence-electron chi connectivity index (χ4n) is 1.62. The van der Waals surface area contributed by atoms with Crippen LogP contribution in [-0.2, 0) is 10.0 Å². The van der Waals surface area contributed by atoms with Crippen molar-refractivity contribution in [2.75, 3.05) is 30.1 Å². The van der Waals surface area contributed by atoms with Crippen LogP contribution in [0.2, 0.25) is 0 Å². The minimum Gasteiger partial charge on any atom is -0.492 e. The molecule has 0 amide bonds. The fraction of sp³-hybridized carbons (Fsp3) is 0.538. The summed E-state index contributed by atoms with van der Waals surface area (Å²) in [4.78, 5) is 0. The van der Waals surface area contributed by atoms with Crippen LogP contribution < -0.4 is 15.2 Å². The Morgan fingerprint density at radius 3 is 2.80 bits per heavy atom. The van der Waals surface area contributed by atoms with E-state index in [1.807, 2.05) is 13.2 Å². The molecule has 1 rings (SSSR count). The number of hydrogen-bond donors (Lipinski definition) is 2. The molecule has 5 nitrogen and oxygen atoms in total. The Kier molecular flexibility index (Phi) is 7.18. The summed E-state index contributed by atoms with van der Waals surface area (Å²) in [6, 6.07) is 6.91. The number of nitrogen functional groups attached to an aromatic ring is 1. The molecule has 1 unspecified atom stereocenters. The minimum atomic E-state index is -3.31. The second kappa shape index (κ2) is 8.39. The van der Waals surface area contributed by atoms with E-state index in [4.69, 9.17) is 10.5 Å². The SMILES string of the molecule is CCC(CSC)NS(=O)(=O)CCOc1cccc(N)c1. The Morgan fingerprint density at radius 1 is 1.45 bits per heavy atom. The molecular weight excluding hydrogens is 296 g/mol. The molecule has 7 heteroatoms. The summed E-state index contributed by atoms with van der Waals surface area (Å²) >= 11 is 1.63. The number of anilines is 1. The van der Waals surface area contributed by atoms with Gasteiger partial charge in [0.25, 0.3) is 0 Å². The van der Waals surface area contributed by atoms with Crippen LogP contribution in [0.4, 0.5) is 5.69 Å². The maximum absolute atomic E-state index is 11.9. The van der Waals surface area contributed by atoms with Crippen molar-refractivity contribution >= 4 is 27.5 Å². The largest absolute Gasteiger partial charge is 0.492 e. The summed E-state index contributed by atoms with van der Waals surface area (Å²) in [5, 5.41) is 0. The zero-order valence-electron chi connectivity index (χ0n) is 11.8. The first-order valence-electron chi connectivity index (χ1n) is 6.44. The molecule has 1 atom stereocenters. The Bertz CT molecular complexity index is 506.